The molecule has 1 heterocycles. The van der Waals surface area contributed by atoms with E-state index in [1.165, 1.54) is 6.20 Å². The van der Waals surface area contributed by atoms with Crippen molar-refractivity contribution in [3.8, 4) is 34.3 Å². The first-order valence-electron chi connectivity index (χ1n) is 15.6. The number of carbonyl (C=O) groups is 2. The van der Waals surface area contributed by atoms with E-state index in [2.05, 4.69) is 15.6 Å². The number of anilines is 1. The highest BCUT2D eigenvalue weighted by Crippen LogP contribution is 2.49. The van der Waals surface area contributed by atoms with Crippen LogP contribution in [0.25, 0.3) is 11.1 Å². The number of benzene rings is 4. The molecule has 0 aliphatic heterocycles. The summed E-state index contributed by atoms with van der Waals surface area (Å²) < 4.78 is 51.4. The van der Waals surface area contributed by atoms with Gasteiger partial charge in [0.1, 0.15) is 23.8 Å². The molecule has 0 bridgehead atoms. The summed E-state index contributed by atoms with van der Waals surface area (Å²) in [6.07, 6.45) is -0.898. The lowest BCUT2D eigenvalue weighted by atomic mass is 9.89. The van der Waals surface area contributed by atoms with E-state index < -0.39 is 24.5 Å². The lowest BCUT2D eigenvalue weighted by molar-refractivity contribution is -0.138. The first-order chi connectivity index (χ1) is 23.2. The normalized spacial score (nSPS) is 13.3. The molecule has 2 amide bonds. The number of nitrogens with zero attached hydrogens (tertiary/aromatic N) is 1. The average Bonchev–Trinajstić information content (AvgIpc) is 3.42. The van der Waals surface area contributed by atoms with Crippen LogP contribution in [0.2, 0.25) is 0 Å². The number of halogens is 3. The zero-order chi connectivity index (χ0) is 33.7. The van der Waals surface area contributed by atoms with Crippen molar-refractivity contribution in [1.29, 1.82) is 0 Å². The van der Waals surface area contributed by atoms with Crippen molar-refractivity contribution in [2.75, 3.05) is 11.9 Å². The molecule has 4 aromatic carbocycles. The fourth-order valence-corrected chi connectivity index (χ4v) is 5.81. The van der Waals surface area contributed by atoms with Gasteiger partial charge in [-0.3, -0.25) is 9.59 Å². The van der Waals surface area contributed by atoms with Gasteiger partial charge in [0, 0.05) is 6.07 Å². The summed E-state index contributed by atoms with van der Waals surface area (Å²) in [4.78, 5) is 30.9. The minimum absolute atomic E-state index is 0.243. The van der Waals surface area contributed by atoms with Crippen molar-refractivity contribution in [3.63, 3.8) is 0 Å². The average molecular weight is 652 g/mol. The molecule has 0 radical (unpaired) electrons. The van der Waals surface area contributed by atoms with Crippen LogP contribution < -0.4 is 20.1 Å². The van der Waals surface area contributed by atoms with Crippen LogP contribution in [-0.4, -0.2) is 29.5 Å². The van der Waals surface area contributed by atoms with Gasteiger partial charge in [-0.2, -0.15) is 13.2 Å². The van der Waals surface area contributed by atoms with E-state index in [1.54, 1.807) is 66.7 Å². The van der Waals surface area contributed by atoms with E-state index in [4.69, 9.17) is 9.47 Å². The molecule has 1 aliphatic rings. The molecule has 48 heavy (non-hydrogen) atoms. The number of alkyl halides is 3. The summed E-state index contributed by atoms with van der Waals surface area (Å²) in [6.45, 7) is 0.617. The predicted octanol–water partition coefficient (Wildman–Crippen LogP) is 9.05. The maximum atomic E-state index is 13.3. The quantitative estimate of drug-likeness (QED) is 0.149. The Balaban J connectivity index is 1.24. The number of nitrogens with one attached hydrogen (secondary N) is 2. The molecule has 0 spiro atoms. The maximum absolute atomic E-state index is 13.3. The highest BCUT2D eigenvalue weighted by molar-refractivity contribution is 6.06. The molecule has 1 unspecified atom stereocenters. The number of ether oxygens (including phenoxy) is 2. The number of fused-ring (bicyclic) bond motifs is 3. The minimum Gasteiger partial charge on any atom is -0.457 e. The lowest BCUT2D eigenvalue weighted by Gasteiger charge is -2.20. The van der Waals surface area contributed by atoms with Gasteiger partial charge < -0.3 is 20.1 Å². The van der Waals surface area contributed by atoms with Crippen LogP contribution in [0.4, 0.5) is 18.9 Å². The van der Waals surface area contributed by atoms with Crippen LogP contribution >= 0.6 is 0 Å². The van der Waals surface area contributed by atoms with Crippen molar-refractivity contribution >= 4 is 17.5 Å². The molecule has 2 N–H and O–H groups in total. The molecular weight excluding hydrogens is 619 g/mol. The Hall–Kier alpha value is -5.64. The van der Waals surface area contributed by atoms with E-state index >= 15 is 0 Å². The highest BCUT2D eigenvalue weighted by Gasteiger charge is 2.38. The van der Waals surface area contributed by atoms with Crippen LogP contribution in [0.5, 0.6) is 23.1 Å². The SMILES string of the molecule is CCCCc1c(Oc2ccc(NC(=O)c3ccccc3Oc3ccccc3)cn2)ccc2c1C(C(=O)NCC(F)(F)F)c1ccccc1-2. The smallest absolute Gasteiger partial charge is 0.405 e. The predicted molar refractivity (Wildman–Crippen MR) is 177 cm³/mol. The highest BCUT2D eigenvalue weighted by atomic mass is 19.4. The van der Waals surface area contributed by atoms with Crippen molar-refractivity contribution in [1.82, 2.24) is 10.3 Å². The van der Waals surface area contributed by atoms with Crippen LogP contribution in [0.3, 0.4) is 0 Å². The summed E-state index contributed by atoms with van der Waals surface area (Å²) in [5.74, 6) is -0.324. The second-order valence-corrected chi connectivity index (χ2v) is 11.3. The van der Waals surface area contributed by atoms with Crippen LogP contribution in [0.15, 0.2) is 109 Å². The van der Waals surface area contributed by atoms with E-state index in [9.17, 15) is 22.8 Å². The van der Waals surface area contributed by atoms with Gasteiger partial charge in [0.15, 0.2) is 0 Å². The van der Waals surface area contributed by atoms with Gasteiger partial charge in [0.05, 0.1) is 23.4 Å². The summed E-state index contributed by atoms with van der Waals surface area (Å²) in [5.41, 5.74) is 4.40. The first kappa shape index (κ1) is 32.3. The zero-order valence-electron chi connectivity index (χ0n) is 26.0. The van der Waals surface area contributed by atoms with Crippen LogP contribution in [-0.2, 0) is 11.2 Å². The Bertz CT molecular complexity index is 1930. The number of rotatable bonds is 11. The second kappa shape index (κ2) is 14.0. The number of hydrogen-bond donors (Lipinski definition) is 2. The third-order valence-corrected chi connectivity index (χ3v) is 7.98. The van der Waals surface area contributed by atoms with Gasteiger partial charge in [-0.15, -0.1) is 0 Å². The third kappa shape index (κ3) is 7.17. The number of unbranched alkanes of at least 4 members (excludes halogenated alkanes) is 1. The Morgan fingerprint density at radius 3 is 2.31 bits per heavy atom. The molecule has 0 saturated carbocycles. The molecule has 6 rings (SSSR count). The van der Waals surface area contributed by atoms with Gasteiger partial charge in [-0.1, -0.05) is 74.0 Å². The number of para-hydroxylation sites is 2. The molecule has 0 fully saturated rings. The largest absolute Gasteiger partial charge is 0.457 e. The van der Waals surface area contributed by atoms with Gasteiger partial charge in [0.2, 0.25) is 11.8 Å². The van der Waals surface area contributed by atoms with Crippen LogP contribution in [0, 0.1) is 0 Å². The Labute approximate surface area is 275 Å². The molecule has 244 valence electrons. The summed E-state index contributed by atoms with van der Waals surface area (Å²) in [6, 6.07) is 30.2. The molecule has 10 heteroatoms. The van der Waals surface area contributed by atoms with E-state index in [0.29, 0.717) is 46.0 Å². The van der Waals surface area contributed by atoms with Crippen molar-refractivity contribution in [2.24, 2.45) is 0 Å². The first-order valence-corrected chi connectivity index (χ1v) is 15.6. The number of pyridine rings is 1. The van der Waals surface area contributed by atoms with Crippen molar-refractivity contribution < 1.29 is 32.2 Å². The summed E-state index contributed by atoms with van der Waals surface area (Å²) >= 11 is 0. The number of aromatic nitrogens is 1. The van der Waals surface area contributed by atoms with Crippen molar-refractivity contribution in [3.05, 3.63) is 132 Å². The Morgan fingerprint density at radius 2 is 1.56 bits per heavy atom. The Kier molecular flexibility index (Phi) is 9.43. The molecule has 1 atom stereocenters. The topological polar surface area (TPSA) is 89.6 Å². The Morgan fingerprint density at radius 1 is 0.812 bits per heavy atom. The van der Waals surface area contributed by atoms with Crippen molar-refractivity contribution in [2.45, 2.75) is 38.3 Å². The zero-order valence-corrected chi connectivity index (χ0v) is 26.0. The molecule has 1 aromatic heterocycles. The fraction of sp³-hybridized carbons (Fsp3) is 0.184. The standard InChI is InChI=1S/C38H32F3N3O4/c1-2-3-13-29-32(20-19-28-26-14-7-8-15-27(26)35(34(28)29)37(46)43-23-38(39,40)41)48-33-21-18-24(22-42-33)44-36(45)30-16-9-10-17-31(30)47-25-11-5-4-6-12-25/h4-12,14-22,35H,2-3,13,23H2,1H3,(H,43,46)(H,44,45). The van der Waals surface area contributed by atoms with Crippen LogP contribution in [0.1, 0.15) is 52.7 Å². The maximum Gasteiger partial charge on any atom is 0.405 e. The van der Waals surface area contributed by atoms with Gasteiger partial charge in [-0.25, -0.2) is 4.98 Å². The third-order valence-electron chi connectivity index (χ3n) is 7.98. The minimum atomic E-state index is -4.54. The number of carbonyl (C=O) groups excluding carboxylic acids is 2. The van der Waals surface area contributed by atoms with E-state index in [-0.39, 0.29) is 11.8 Å². The van der Waals surface area contributed by atoms with E-state index in [1.807, 2.05) is 43.3 Å². The van der Waals surface area contributed by atoms with Gasteiger partial charge in [-0.05, 0) is 77.1 Å². The monoisotopic (exact) mass is 651 g/mol. The molecule has 0 saturated heterocycles. The molecular formula is C38H32F3N3O4. The van der Waals surface area contributed by atoms with Gasteiger partial charge in [0.25, 0.3) is 5.91 Å². The second-order valence-electron chi connectivity index (χ2n) is 11.3. The molecule has 1 aliphatic carbocycles. The number of hydrogen-bond acceptors (Lipinski definition) is 5. The van der Waals surface area contributed by atoms with E-state index in [0.717, 1.165) is 29.5 Å². The summed E-state index contributed by atoms with van der Waals surface area (Å²) in [5, 5.41) is 4.93. The van der Waals surface area contributed by atoms with Gasteiger partial charge >= 0.3 is 6.18 Å². The summed E-state index contributed by atoms with van der Waals surface area (Å²) in [7, 11) is 0. The number of amides is 2. The fourth-order valence-electron chi connectivity index (χ4n) is 5.81. The molecule has 7 nitrogen and oxygen atoms in total. The molecule has 5 aromatic rings. The lowest BCUT2D eigenvalue weighted by Crippen LogP contribution is -2.37.